The van der Waals surface area contributed by atoms with E-state index < -0.39 is 29.3 Å². The molecule has 0 spiro atoms. The fourth-order valence-electron chi connectivity index (χ4n) is 2.33. The van der Waals surface area contributed by atoms with Gasteiger partial charge in [-0.2, -0.15) is 13.2 Å². The average Bonchev–Trinajstić information content (AvgIpc) is 2.65. The van der Waals surface area contributed by atoms with Crippen molar-refractivity contribution in [3.05, 3.63) is 83.7 Å². The first-order chi connectivity index (χ1) is 13.2. The third kappa shape index (κ3) is 4.43. The number of benzene rings is 2. The number of carbonyl (C=O) groups excluding carboxylic acids is 1. The molecule has 0 aliphatic heterocycles. The Morgan fingerprint density at radius 3 is 2.14 bits per heavy atom. The van der Waals surface area contributed by atoms with Gasteiger partial charge >= 0.3 is 6.18 Å². The second kappa shape index (κ2) is 7.63. The van der Waals surface area contributed by atoms with Crippen molar-refractivity contribution >= 4 is 23.0 Å². The number of hydrogen-bond donors (Lipinski definition) is 2. The van der Waals surface area contributed by atoms with Crippen LogP contribution in [0.25, 0.3) is 0 Å². The maximum atomic E-state index is 13.7. The van der Waals surface area contributed by atoms with Gasteiger partial charge in [-0.05, 0) is 48.5 Å². The zero-order chi connectivity index (χ0) is 20.3. The van der Waals surface area contributed by atoms with Crippen molar-refractivity contribution in [3.63, 3.8) is 0 Å². The quantitative estimate of drug-likeness (QED) is 0.586. The van der Waals surface area contributed by atoms with E-state index in [4.69, 9.17) is 0 Å². The second-order valence-corrected chi connectivity index (χ2v) is 5.68. The molecule has 0 fully saturated rings. The summed E-state index contributed by atoms with van der Waals surface area (Å²) in [4.78, 5) is 16.1. The average molecular weight is 393 g/mol. The molecule has 3 rings (SSSR count). The van der Waals surface area contributed by atoms with E-state index in [1.807, 2.05) is 0 Å². The Bertz CT molecular complexity index is 983. The van der Waals surface area contributed by atoms with Crippen LogP contribution in [0.4, 0.5) is 39.0 Å². The van der Waals surface area contributed by atoms with Gasteiger partial charge in [-0.3, -0.25) is 9.78 Å². The molecular weight excluding hydrogens is 381 g/mol. The molecule has 1 amide bonds. The highest BCUT2D eigenvalue weighted by Gasteiger charge is 2.30. The van der Waals surface area contributed by atoms with Crippen LogP contribution >= 0.6 is 0 Å². The molecule has 0 bridgehead atoms. The highest BCUT2D eigenvalue weighted by atomic mass is 19.4. The fourth-order valence-corrected chi connectivity index (χ4v) is 2.33. The lowest BCUT2D eigenvalue weighted by Gasteiger charge is -2.11. The first-order valence-corrected chi connectivity index (χ1v) is 7.90. The first kappa shape index (κ1) is 19.3. The van der Waals surface area contributed by atoms with E-state index in [-0.39, 0.29) is 22.8 Å². The SMILES string of the molecule is O=C(Nc1ccc(C(F)(F)F)cc1)c1cc(Nc2c(F)cccc2F)ccn1. The maximum absolute atomic E-state index is 13.7. The second-order valence-electron chi connectivity index (χ2n) is 5.68. The van der Waals surface area contributed by atoms with E-state index in [0.29, 0.717) is 0 Å². The van der Waals surface area contributed by atoms with Gasteiger partial charge < -0.3 is 10.6 Å². The van der Waals surface area contributed by atoms with Crippen molar-refractivity contribution in [2.24, 2.45) is 0 Å². The number of alkyl halides is 3. The third-order valence-corrected chi connectivity index (χ3v) is 3.69. The van der Waals surface area contributed by atoms with Crippen molar-refractivity contribution in [3.8, 4) is 0 Å². The number of para-hydroxylation sites is 1. The summed E-state index contributed by atoms with van der Waals surface area (Å²) in [6.07, 6.45) is -3.23. The summed E-state index contributed by atoms with van der Waals surface area (Å²) in [5, 5.41) is 4.93. The van der Waals surface area contributed by atoms with Crippen molar-refractivity contribution in [2.45, 2.75) is 6.18 Å². The van der Waals surface area contributed by atoms with Crippen molar-refractivity contribution < 1.29 is 26.7 Å². The van der Waals surface area contributed by atoms with E-state index in [1.165, 1.54) is 24.4 Å². The third-order valence-electron chi connectivity index (χ3n) is 3.69. The predicted octanol–water partition coefficient (Wildman–Crippen LogP) is 5.37. The molecule has 0 saturated heterocycles. The molecule has 144 valence electrons. The smallest absolute Gasteiger partial charge is 0.351 e. The molecule has 2 aromatic carbocycles. The topological polar surface area (TPSA) is 54.0 Å². The van der Waals surface area contributed by atoms with E-state index in [1.54, 1.807) is 0 Å². The van der Waals surface area contributed by atoms with E-state index >= 15 is 0 Å². The minimum Gasteiger partial charge on any atom is -0.351 e. The molecule has 0 aliphatic rings. The Morgan fingerprint density at radius 1 is 0.893 bits per heavy atom. The number of anilines is 3. The Kier molecular flexibility index (Phi) is 5.25. The van der Waals surface area contributed by atoms with Crippen LogP contribution in [0.15, 0.2) is 60.8 Å². The normalized spacial score (nSPS) is 11.2. The highest BCUT2D eigenvalue weighted by molar-refractivity contribution is 6.03. The van der Waals surface area contributed by atoms with Crippen LogP contribution in [0.3, 0.4) is 0 Å². The number of amides is 1. The molecule has 0 saturated carbocycles. The molecular formula is C19H12F5N3O. The van der Waals surface area contributed by atoms with Gasteiger partial charge in [0.2, 0.25) is 0 Å². The predicted molar refractivity (Wildman–Crippen MR) is 93.3 cm³/mol. The Balaban J connectivity index is 1.75. The minimum atomic E-state index is -4.48. The van der Waals surface area contributed by atoms with E-state index in [0.717, 1.165) is 36.4 Å². The number of carbonyl (C=O) groups is 1. The zero-order valence-electron chi connectivity index (χ0n) is 14.0. The molecule has 0 aliphatic carbocycles. The van der Waals surface area contributed by atoms with Gasteiger partial charge in [0.1, 0.15) is 23.0 Å². The van der Waals surface area contributed by atoms with Crippen LogP contribution < -0.4 is 10.6 Å². The summed E-state index contributed by atoms with van der Waals surface area (Å²) in [7, 11) is 0. The molecule has 2 N–H and O–H groups in total. The van der Waals surface area contributed by atoms with Crippen molar-refractivity contribution in [1.29, 1.82) is 0 Å². The van der Waals surface area contributed by atoms with Crippen molar-refractivity contribution in [1.82, 2.24) is 4.98 Å². The lowest BCUT2D eigenvalue weighted by atomic mass is 10.2. The molecule has 1 aromatic heterocycles. The largest absolute Gasteiger partial charge is 0.416 e. The number of halogens is 5. The molecule has 0 atom stereocenters. The number of nitrogens with zero attached hydrogens (tertiary/aromatic N) is 1. The number of pyridine rings is 1. The number of hydrogen-bond acceptors (Lipinski definition) is 3. The zero-order valence-corrected chi connectivity index (χ0v) is 14.0. The maximum Gasteiger partial charge on any atom is 0.416 e. The molecule has 9 heteroatoms. The molecule has 1 heterocycles. The standard InChI is InChI=1S/C19H12F5N3O/c20-14-2-1-3-15(21)17(14)26-13-8-9-25-16(10-13)18(28)27-12-6-4-11(5-7-12)19(22,23)24/h1-10H,(H,25,26)(H,27,28). The van der Waals surface area contributed by atoms with Gasteiger partial charge in [-0.15, -0.1) is 0 Å². The lowest BCUT2D eigenvalue weighted by Crippen LogP contribution is -2.14. The summed E-state index contributed by atoms with van der Waals surface area (Å²) in [5.41, 5.74) is -0.985. The summed E-state index contributed by atoms with van der Waals surface area (Å²) in [5.74, 6) is -2.32. The summed E-state index contributed by atoms with van der Waals surface area (Å²) < 4.78 is 65.2. The van der Waals surface area contributed by atoms with Crippen LogP contribution in [-0.4, -0.2) is 10.9 Å². The molecule has 0 radical (unpaired) electrons. The van der Waals surface area contributed by atoms with Crippen LogP contribution in [0.2, 0.25) is 0 Å². The monoisotopic (exact) mass is 393 g/mol. The van der Waals surface area contributed by atoms with Gasteiger partial charge in [0.05, 0.1) is 5.56 Å². The molecule has 28 heavy (non-hydrogen) atoms. The van der Waals surface area contributed by atoms with Gasteiger partial charge in [-0.1, -0.05) is 6.07 Å². The molecule has 3 aromatic rings. The number of nitrogens with one attached hydrogen (secondary N) is 2. The molecule has 0 unspecified atom stereocenters. The minimum absolute atomic E-state index is 0.0957. The highest BCUT2D eigenvalue weighted by Crippen LogP contribution is 2.30. The van der Waals surface area contributed by atoms with Crippen LogP contribution in [0.5, 0.6) is 0 Å². The van der Waals surface area contributed by atoms with Gasteiger partial charge in [0.15, 0.2) is 0 Å². The first-order valence-electron chi connectivity index (χ1n) is 7.90. The van der Waals surface area contributed by atoms with Crippen LogP contribution in [0, 0.1) is 11.6 Å². The van der Waals surface area contributed by atoms with Gasteiger partial charge in [0.25, 0.3) is 5.91 Å². The fraction of sp³-hybridized carbons (Fsp3) is 0.0526. The van der Waals surface area contributed by atoms with Crippen LogP contribution in [-0.2, 0) is 6.18 Å². The summed E-state index contributed by atoms with van der Waals surface area (Å²) in [6.45, 7) is 0. The Hall–Kier alpha value is -3.49. The Morgan fingerprint density at radius 2 is 1.54 bits per heavy atom. The van der Waals surface area contributed by atoms with Crippen molar-refractivity contribution in [2.75, 3.05) is 10.6 Å². The number of rotatable bonds is 4. The van der Waals surface area contributed by atoms with Crippen LogP contribution in [0.1, 0.15) is 16.1 Å². The van der Waals surface area contributed by atoms with Gasteiger partial charge in [-0.25, -0.2) is 8.78 Å². The molecule has 4 nitrogen and oxygen atoms in total. The summed E-state index contributed by atoms with van der Waals surface area (Å²) in [6, 6.07) is 9.91. The van der Waals surface area contributed by atoms with Gasteiger partial charge in [0, 0.05) is 17.6 Å². The van der Waals surface area contributed by atoms with E-state index in [9.17, 15) is 26.7 Å². The Labute approximate surface area is 156 Å². The number of aromatic nitrogens is 1. The van der Waals surface area contributed by atoms with E-state index in [2.05, 4.69) is 15.6 Å². The summed E-state index contributed by atoms with van der Waals surface area (Å²) >= 11 is 0. The lowest BCUT2D eigenvalue weighted by molar-refractivity contribution is -0.137.